The number of rotatable bonds is 0. The third kappa shape index (κ3) is 4.80. The molecule has 9 aliphatic rings. The zero-order valence-corrected chi connectivity index (χ0v) is 37.6. The highest BCUT2D eigenvalue weighted by Crippen LogP contribution is 2.64. The largest absolute Gasteiger partial charge is 0.342 e. The summed E-state index contributed by atoms with van der Waals surface area (Å²) >= 11 is 0. The van der Waals surface area contributed by atoms with Crippen LogP contribution in [0.5, 0.6) is 0 Å². The fourth-order valence-electron chi connectivity index (χ4n) is 13.8. The van der Waals surface area contributed by atoms with Gasteiger partial charge in [0, 0.05) is 0 Å². The molecule has 7 aromatic carbocycles. The Balaban J connectivity index is 0.000000123. The first-order valence-electron chi connectivity index (χ1n) is 24.1. The van der Waals surface area contributed by atoms with Crippen molar-refractivity contribution in [2.45, 2.75) is 131 Å². The Morgan fingerprint density at radius 1 is 0.262 bits per heavy atom. The fraction of sp³-hybridized carbons (Fsp3) is 0.356. The number of benzene rings is 7. The van der Waals surface area contributed by atoms with E-state index in [0.717, 1.165) is 0 Å². The van der Waals surface area contributed by atoms with Gasteiger partial charge in [0.2, 0.25) is 0 Å². The summed E-state index contributed by atoms with van der Waals surface area (Å²) in [5.74, 6) is -0.650. The summed E-state index contributed by atoms with van der Waals surface area (Å²) in [5, 5.41) is 12.9. The molecular formula is C59H52O6. The van der Waals surface area contributed by atoms with E-state index in [1.807, 2.05) is 0 Å². The highest BCUT2D eigenvalue weighted by molar-refractivity contribution is 6.05. The fourth-order valence-corrected chi connectivity index (χ4v) is 13.8. The van der Waals surface area contributed by atoms with Crippen molar-refractivity contribution in [3.8, 4) is 0 Å². The lowest BCUT2D eigenvalue weighted by atomic mass is 9.89. The maximum atomic E-state index is 6.53. The standard InChI is InChI=1S/C32H30O4.C27H22O2/c1-15-16(2)34-31(33-15)27-5-6-28(31)24-12-20-10-22-14-26-25(13-21(22)9-19(20)11-23(24)27)29-7-8-30(26)32(29)35-17(3)18(4)36-32;1-15-16(2)29-27(28-15)25-7-8-26(27)24-14-22-12-20-10-18-6-4-3-5-17(18)9-19(20)11-21(22)13-23(24)25/h5-18,27-30H,1-4H3;3-16,25-26H,1-2H3/t15?,16?,17?,18?,27-,28-,29-,30+,31?,32?;15?,16?,25-,26-/m11/s1. The molecule has 0 amide bonds. The van der Waals surface area contributed by atoms with E-state index in [1.165, 1.54) is 87.2 Å². The molecule has 0 saturated carbocycles. The third-order valence-electron chi connectivity index (χ3n) is 17.4. The number of hydrogen-bond donors (Lipinski definition) is 0. The van der Waals surface area contributed by atoms with Crippen LogP contribution in [0.15, 0.2) is 134 Å². The molecule has 6 heteroatoms. The van der Waals surface area contributed by atoms with Gasteiger partial charge in [-0.2, -0.15) is 0 Å². The average Bonchev–Trinajstić information content (AvgIpc) is 4.19. The molecular weight excluding hydrogens is 805 g/mol. The number of hydrogen-bond acceptors (Lipinski definition) is 6. The van der Waals surface area contributed by atoms with Crippen LogP contribution in [0.1, 0.15) is 110 Å². The highest BCUT2D eigenvalue weighted by Gasteiger charge is 2.64. The predicted molar refractivity (Wildman–Crippen MR) is 256 cm³/mol. The van der Waals surface area contributed by atoms with Gasteiger partial charge in [0.1, 0.15) is 0 Å². The summed E-state index contributed by atoms with van der Waals surface area (Å²) < 4.78 is 39.0. The minimum atomic E-state index is -0.562. The lowest BCUT2D eigenvalue weighted by Gasteiger charge is -2.28. The van der Waals surface area contributed by atoms with Gasteiger partial charge >= 0.3 is 0 Å². The van der Waals surface area contributed by atoms with E-state index in [4.69, 9.17) is 28.4 Å². The average molecular weight is 857 g/mol. The molecule has 3 heterocycles. The summed E-state index contributed by atoms with van der Waals surface area (Å²) in [7, 11) is 0. The Labute approximate surface area is 378 Å². The molecule has 16 rings (SSSR count). The van der Waals surface area contributed by atoms with Crippen LogP contribution in [-0.2, 0) is 28.4 Å². The van der Waals surface area contributed by atoms with Gasteiger partial charge in [-0.25, -0.2) is 0 Å². The topological polar surface area (TPSA) is 55.4 Å². The summed E-state index contributed by atoms with van der Waals surface area (Å²) in [5.41, 5.74) is 8.15. The SMILES string of the molecule is CC1OC2(OC1C)[C@@H]1C=C[C@@H]2c2cc3cc4cc5c(cc4cc3cc21)[C@H]1C=C[C@@H]5C12OC(C)C(C)O2.CC1OC2(OC1C)[C@@H]1C=C[C@@H]2c2cc3cc4cc5ccccc5cc4cc3cc21. The summed E-state index contributed by atoms with van der Waals surface area (Å²) in [6, 6.07) is 36.9. The van der Waals surface area contributed by atoms with E-state index < -0.39 is 17.4 Å². The van der Waals surface area contributed by atoms with Crippen molar-refractivity contribution in [1.82, 2.24) is 0 Å². The van der Waals surface area contributed by atoms with Crippen LogP contribution in [0.2, 0.25) is 0 Å². The van der Waals surface area contributed by atoms with Crippen molar-refractivity contribution in [1.29, 1.82) is 0 Å². The molecule has 3 aliphatic heterocycles. The maximum Gasteiger partial charge on any atom is 0.189 e. The molecule has 3 saturated heterocycles. The van der Waals surface area contributed by atoms with E-state index in [9.17, 15) is 0 Å². The quantitative estimate of drug-likeness (QED) is 0.112. The molecule has 3 spiro atoms. The Kier molecular flexibility index (Phi) is 7.37. The summed E-state index contributed by atoms with van der Waals surface area (Å²) in [6.07, 6.45) is 14.4. The van der Waals surface area contributed by atoms with Crippen LogP contribution in [0.4, 0.5) is 0 Å². The second-order valence-electron chi connectivity index (χ2n) is 20.9. The highest BCUT2D eigenvalue weighted by atomic mass is 16.8. The normalized spacial score (nSPS) is 39.2. The monoisotopic (exact) mass is 856 g/mol. The maximum absolute atomic E-state index is 6.53. The molecule has 324 valence electrons. The van der Waals surface area contributed by atoms with E-state index in [-0.39, 0.29) is 72.1 Å². The van der Waals surface area contributed by atoms with Crippen LogP contribution < -0.4 is 0 Å². The predicted octanol–water partition coefficient (Wildman–Crippen LogP) is 13.0. The van der Waals surface area contributed by atoms with Crippen molar-refractivity contribution < 1.29 is 28.4 Å². The van der Waals surface area contributed by atoms with Crippen molar-refractivity contribution in [3.63, 3.8) is 0 Å². The van der Waals surface area contributed by atoms with Crippen molar-refractivity contribution in [2.75, 3.05) is 0 Å². The zero-order chi connectivity index (χ0) is 43.5. The first-order valence-corrected chi connectivity index (χ1v) is 24.1. The van der Waals surface area contributed by atoms with Gasteiger partial charge < -0.3 is 28.4 Å². The number of fused-ring (bicyclic) bond motifs is 14. The van der Waals surface area contributed by atoms with Gasteiger partial charge in [0.05, 0.1) is 72.1 Å². The summed E-state index contributed by atoms with van der Waals surface area (Å²) in [6.45, 7) is 12.7. The zero-order valence-electron chi connectivity index (χ0n) is 37.6. The second kappa shape index (κ2) is 12.6. The molecule has 12 atom stereocenters. The van der Waals surface area contributed by atoms with E-state index in [1.54, 1.807) is 0 Å². The van der Waals surface area contributed by atoms with Gasteiger partial charge in [-0.1, -0.05) is 97.1 Å². The van der Waals surface area contributed by atoms with Crippen LogP contribution in [0.25, 0.3) is 53.9 Å². The van der Waals surface area contributed by atoms with E-state index in [0.29, 0.717) is 0 Å². The molecule has 0 N–H and O–H groups in total. The van der Waals surface area contributed by atoms with Gasteiger partial charge in [0.15, 0.2) is 17.4 Å². The molecule has 65 heavy (non-hydrogen) atoms. The molecule has 7 aromatic rings. The third-order valence-corrected chi connectivity index (χ3v) is 17.4. The van der Waals surface area contributed by atoms with E-state index in [2.05, 4.69) is 175 Å². The van der Waals surface area contributed by atoms with Crippen LogP contribution in [-0.4, -0.2) is 54.0 Å². The van der Waals surface area contributed by atoms with Crippen LogP contribution >= 0.6 is 0 Å². The number of ether oxygens (including phenoxy) is 6. The molecule has 3 fully saturated rings. The lowest BCUT2D eigenvalue weighted by Crippen LogP contribution is -2.35. The first kappa shape index (κ1) is 38.0. The first-order chi connectivity index (χ1) is 31.5. The molecule has 6 unspecified atom stereocenters. The summed E-state index contributed by atoms with van der Waals surface area (Å²) in [4.78, 5) is 0. The molecule has 6 bridgehead atoms. The van der Waals surface area contributed by atoms with Crippen molar-refractivity contribution in [3.05, 3.63) is 167 Å². The Hall–Kier alpha value is -5.18. The lowest BCUT2D eigenvalue weighted by molar-refractivity contribution is -0.177. The minimum Gasteiger partial charge on any atom is -0.342 e. The van der Waals surface area contributed by atoms with Crippen LogP contribution in [0, 0.1) is 0 Å². The Morgan fingerprint density at radius 2 is 0.446 bits per heavy atom. The van der Waals surface area contributed by atoms with Crippen LogP contribution in [0.3, 0.4) is 0 Å². The van der Waals surface area contributed by atoms with Crippen molar-refractivity contribution in [2.24, 2.45) is 0 Å². The van der Waals surface area contributed by atoms with E-state index >= 15 is 0 Å². The molecule has 0 aromatic heterocycles. The molecule has 0 radical (unpaired) electrons. The Morgan fingerprint density at radius 3 is 0.662 bits per heavy atom. The van der Waals surface area contributed by atoms with Gasteiger partial charge in [-0.15, -0.1) is 0 Å². The molecule has 6 aliphatic carbocycles. The second-order valence-corrected chi connectivity index (χ2v) is 20.9. The minimum absolute atomic E-state index is 0.106. The molecule has 6 nitrogen and oxygen atoms in total. The smallest absolute Gasteiger partial charge is 0.189 e. The Bertz CT molecular complexity index is 3050. The van der Waals surface area contributed by atoms with Crippen molar-refractivity contribution >= 4 is 53.9 Å². The van der Waals surface area contributed by atoms with Gasteiger partial charge in [0.25, 0.3) is 0 Å². The van der Waals surface area contributed by atoms with Gasteiger partial charge in [-0.05, 0) is 165 Å². The van der Waals surface area contributed by atoms with Gasteiger partial charge in [-0.3, -0.25) is 0 Å².